The van der Waals surface area contributed by atoms with Gasteiger partial charge in [-0.05, 0) is 103 Å². The second-order valence-corrected chi connectivity index (χ2v) is 13.0. The Labute approximate surface area is 266 Å². The van der Waals surface area contributed by atoms with Crippen LogP contribution in [0.3, 0.4) is 0 Å². The zero-order valence-electron chi connectivity index (χ0n) is 25.6. The fraction of sp³-hybridized carbons (Fsp3) is 0.0698. The topological polar surface area (TPSA) is 30.7 Å². The fourth-order valence-corrected chi connectivity index (χ4v) is 8.11. The van der Waals surface area contributed by atoms with Gasteiger partial charge in [0.1, 0.15) is 0 Å². The van der Waals surface area contributed by atoms with Crippen LogP contribution in [0.1, 0.15) is 25.0 Å². The molecule has 0 bridgehead atoms. The third-order valence-electron chi connectivity index (χ3n) is 10.3. The molecule has 0 fully saturated rings. The van der Waals surface area contributed by atoms with E-state index < -0.39 is 0 Å². The molecule has 0 atom stereocenters. The lowest BCUT2D eigenvalue weighted by Crippen LogP contribution is -2.14. The van der Waals surface area contributed by atoms with E-state index in [1.54, 1.807) is 0 Å². The van der Waals surface area contributed by atoms with E-state index in [2.05, 4.69) is 150 Å². The largest absolute Gasteiger partial charge is 0.309 e. The van der Waals surface area contributed by atoms with Crippen LogP contribution in [0.25, 0.3) is 82.3 Å². The Morgan fingerprint density at radius 3 is 1.83 bits per heavy atom. The summed E-state index contributed by atoms with van der Waals surface area (Å²) in [4.78, 5) is 9.15. The molecular formula is C43H29N3. The van der Waals surface area contributed by atoms with Gasteiger partial charge in [-0.25, -0.2) is 9.97 Å². The van der Waals surface area contributed by atoms with Crippen molar-refractivity contribution in [2.75, 3.05) is 0 Å². The van der Waals surface area contributed by atoms with Crippen LogP contribution in [0.5, 0.6) is 0 Å². The molecule has 46 heavy (non-hydrogen) atoms. The maximum atomic E-state index is 4.58. The molecular weight excluding hydrogens is 558 g/mol. The highest BCUT2D eigenvalue weighted by atomic mass is 15.0. The molecule has 1 aliphatic rings. The molecule has 9 aromatic rings. The molecule has 0 radical (unpaired) electrons. The van der Waals surface area contributed by atoms with Crippen LogP contribution in [-0.2, 0) is 5.41 Å². The lowest BCUT2D eigenvalue weighted by Gasteiger charge is -2.21. The fourth-order valence-electron chi connectivity index (χ4n) is 8.11. The first kappa shape index (κ1) is 25.5. The smallest absolute Gasteiger partial charge is 0.159 e. The normalized spacial score (nSPS) is 13.6. The van der Waals surface area contributed by atoms with Crippen molar-refractivity contribution in [3.8, 4) is 28.2 Å². The van der Waals surface area contributed by atoms with Crippen LogP contribution < -0.4 is 0 Å². The Morgan fingerprint density at radius 1 is 0.457 bits per heavy atom. The van der Waals surface area contributed by atoms with Gasteiger partial charge >= 0.3 is 0 Å². The number of benzene rings is 7. The van der Waals surface area contributed by atoms with E-state index in [9.17, 15) is 0 Å². The summed E-state index contributed by atoms with van der Waals surface area (Å²) < 4.78 is 2.46. The zero-order valence-corrected chi connectivity index (χ0v) is 25.6. The van der Waals surface area contributed by atoms with E-state index in [0.29, 0.717) is 0 Å². The van der Waals surface area contributed by atoms with Gasteiger partial charge in [0.05, 0.1) is 11.0 Å². The average Bonchev–Trinajstić information content (AvgIpc) is 3.55. The minimum Gasteiger partial charge on any atom is -0.309 e. The first-order valence-electron chi connectivity index (χ1n) is 15.9. The quantitative estimate of drug-likeness (QED) is 0.188. The van der Waals surface area contributed by atoms with Gasteiger partial charge in [0.25, 0.3) is 0 Å². The van der Waals surface area contributed by atoms with Crippen LogP contribution in [0.2, 0.25) is 0 Å². The van der Waals surface area contributed by atoms with Gasteiger partial charge in [0.15, 0.2) is 5.82 Å². The molecule has 2 aromatic heterocycles. The van der Waals surface area contributed by atoms with E-state index >= 15 is 0 Å². The molecule has 1 aliphatic carbocycles. The molecule has 10 rings (SSSR count). The van der Waals surface area contributed by atoms with Crippen LogP contribution in [-0.4, -0.2) is 14.5 Å². The number of aromatic nitrogens is 3. The zero-order chi connectivity index (χ0) is 30.6. The number of rotatable bonds is 2. The third-order valence-corrected chi connectivity index (χ3v) is 10.3. The van der Waals surface area contributed by atoms with Gasteiger partial charge in [-0.2, -0.15) is 0 Å². The van der Waals surface area contributed by atoms with Gasteiger partial charge in [-0.15, -0.1) is 0 Å². The lowest BCUT2D eigenvalue weighted by molar-refractivity contribution is 0.661. The Bertz CT molecular complexity index is 2680. The summed E-state index contributed by atoms with van der Waals surface area (Å²) in [5.41, 5.74) is 9.88. The van der Waals surface area contributed by atoms with Crippen molar-refractivity contribution in [3.63, 3.8) is 0 Å². The van der Waals surface area contributed by atoms with Crippen molar-refractivity contribution in [1.82, 2.24) is 14.5 Å². The van der Waals surface area contributed by atoms with Crippen molar-refractivity contribution < 1.29 is 0 Å². The first-order chi connectivity index (χ1) is 22.6. The van der Waals surface area contributed by atoms with Crippen LogP contribution in [0.4, 0.5) is 0 Å². The average molecular weight is 588 g/mol. The molecule has 0 aliphatic heterocycles. The molecule has 3 nitrogen and oxygen atoms in total. The molecule has 0 N–H and O–H groups in total. The van der Waals surface area contributed by atoms with Crippen molar-refractivity contribution in [3.05, 3.63) is 151 Å². The summed E-state index contributed by atoms with van der Waals surface area (Å²) in [6, 6.07) is 46.9. The van der Waals surface area contributed by atoms with Crippen LogP contribution in [0, 0.1) is 0 Å². The van der Waals surface area contributed by atoms with E-state index in [1.165, 1.54) is 76.4 Å². The van der Waals surface area contributed by atoms with Crippen molar-refractivity contribution in [2.45, 2.75) is 19.3 Å². The minimum absolute atomic E-state index is 0.0943. The lowest BCUT2D eigenvalue weighted by atomic mass is 9.82. The van der Waals surface area contributed by atoms with Gasteiger partial charge in [-0.3, -0.25) is 0 Å². The Kier molecular flexibility index (Phi) is 5.06. The second-order valence-electron chi connectivity index (χ2n) is 13.0. The SMILES string of the molecule is CC1(C)c2ccccc2-c2cc3c4cc(-c5ncccn5)ccc4n(-c4ccc5c6ccccc6c6ccccc6c5c4)c3cc21. The number of fused-ring (bicyclic) bond motifs is 12. The third kappa shape index (κ3) is 3.37. The second kappa shape index (κ2) is 9.12. The van der Waals surface area contributed by atoms with E-state index in [1.807, 2.05) is 18.5 Å². The Hall–Kier alpha value is -5.80. The highest BCUT2D eigenvalue weighted by Gasteiger charge is 2.36. The minimum atomic E-state index is -0.0943. The predicted molar refractivity (Wildman–Crippen MR) is 192 cm³/mol. The predicted octanol–water partition coefficient (Wildman–Crippen LogP) is 11.0. The number of hydrogen-bond donors (Lipinski definition) is 0. The van der Waals surface area contributed by atoms with Crippen LogP contribution >= 0.6 is 0 Å². The summed E-state index contributed by atoms with van der Waals surface area (Å²) in [6.07, 6.45) is 3.62. The highest BCUT2D eigenvalue weighted by Crippen LogP contribution is 2.51. The highest BCUT2D eigenvalue weighted by molar-refractivity contribution is 6.25. The molecule has 0 saturated carbocycles. The first-order valence-corrected chi connectivity index (χ1v) is 15.9. The molecule has 0 unspecified atom stereocenters. The van der Waals surface area contributed by atoms with Crippen molar-refractivity contribution >= 4 is 54.1 Å². The van der Waals surface area contributed by atoms with Crippen molar-refractivity contribution in [2.24, 2.45) is 0 Å². The Morgan fingerprint density at radius 2 is 1.09 bits per heavy atom. The molecule has 7 aromatic carbocycles. The summed E-state index contributed by atoms with van der Waals surface area (Å²) in [5.74, 6) is 0.738. The number of nitrogens with zero attached hydrogens (tertiary/aromatic N) is 3. The van der Waals surface area contributed by atoms with Gasteiger partial charge < -0.3 is 4.57 Å². The molecule has 3 heteroatoms. The summed E-state index contributed by atoms with van der Waals surface area (Å²) in [5, 5.41) is 10.1. The maximum Gasteiger partial charge on any atom is 0.159 e. The molecule has 2 heterocycles. The standard InChI is InChI=1S/C43H29N3/c1-43(2)38-15-8-7-14-33(38)35-24-37-36-22-26(42-44-20-9-21-45-42)16-19-40(36)46(41(37)25-39(35)43)27-17-18-32-30-12-4-3-10-28(30)29-11-5-6-13-31(29)34(32)23-27/h3-25H,1-2H3. The molecule has 216 valence electrons. The van der Waals surface area contributed by atoms with Gasteiger partial charge in [-0.1, -0.05) is 92.7 Å². The molecule has 0 saturated heterocycles. The molecule has 0 amide bonds. The summed E-state index contributed by atoms with van der Waals surface area (Å²) >= 11 is 0. The molecule has 0 spiro atoms. The van der Waals surface area contributed by atoms with Gasteiger partial charge in [0, 0.05) is 39.8 Å². The van der Waals surface area contributed by atoms with E-state index in [0.717, 1.165) is 17.1 Å². The summed E-state index contributed by atoms with van der Waals surface area (Å²) in [7, 11) is 0. The van der Waals surface area contributed by atoms with Crippen molar-refractivity contribution in [1.29, 1.82) is 0 Å². The van der Waals surface area contributed by atoms with E-state index in [4.69, 9.17) is 0 Å². The van der Waals surface area contributed by atoms with E-state index in [-0.39, 0.29) is 5.41 Å². The monoisotopic (exact) mass is 587 g/mol. The number of hydrogen-bond acceptors (Lipinski definition) is 2. The van der Waals surface area contributed by atoms with Gasteiger partial charge in [0.2, 0.25) is 0 Å². The van der Waals surface area contributed by atoms with Crippen LogP contribution in [0.15, 0.2) is 140 Å². The maximum absolute atomic E-state index is 4.58. The Balaban J connectivity index is 1.32. The summed E-state index contributed by atoms with van der Waals surface area (Å²) in [6.45, 7) is 4.71.